The Morgan fingerprint density at radius 3 is 2.50 bits per heavy atom. The molecule has 120 valence electrons. The fourth-order valence-corrected chi connectivity index (χ4v) is 2.02. The van der Waals surface area contributed by atoms with Crippen molar-refractivity contribution >= 4 is 41.1 Å². The molecule has 0 radical (unpaired) electrons. The minimum atomic E-state index is -0.850. The van der Waals surface area contributed by atoms with Gasteiger partial charge in [0.05, 0.1) is 17.2 Å². The summed E-state index contributed by atoms with van der Waals surface area (Å²) < 4.78 is 4.59. The number of ether oxygens (including phenoxy) is 1. The summed E-state index contributed by atoms with van der Waals surface area (Å²) in [6.07, 6.45) is -0.850. The number of alkyl carbamates (subject to hydrolysis) is 1. The average molecular weight is 347 g/mol. The van der Waals surface area contributed by atoms with E-state index in [1.807, 2.05) is 5.32 Å². The SMILES string of the molecule is CCOC(=O)NC(=O)CN(CC)C(=O)c1cc(Cl)ccc1Cl. The molecule has 0 bridgehead atoms. The highest BCUT2D eigenvalue weighted by Crippen LogP contribution is 2.22. The van der Waals surface area contributed by atoms with E-state index in [-0.39, 0.29) is 30.3 Å². The van der Waals surface area contributed by atoms with Crippen LogP contribution in [0.4, 0.5) is 4.79 Å². The lowest BCUT2D eigenvalue weighted by atomic mass is 10.2. The number of amides is 3. The normalized spacial score (nSPS) is 10.0. The van der Waals surface area contributed by atoms with Gasteiger partial charge < -0.3 is 9.64 Å². The monoisotopic (exact) mass is 346 g/mol. The number of hydrogen-bond acceptors (Lipinski definition) is 4. The van der Waals surface area contributed by atoms with E-state index in [4.69, 9.17) is 23.2 Å². The topological polar surface area (TPSA) is 75.7 Å². The third-order valence-electron chi connectivity index (χ3n) is 2.68. The van der Waals surface area contributed by atoms with Gasteiger partial charge in [-0.15, -0.1) is 0 Å². The highest BCUT2D eigenvalue weighted by atomic mass is 35.5. The van der Waals surface area contributed by atoms with Gasteiger partial charge in [-0.1, -0.05) is 23.2 Å². The Kier molecular flexibility index (Phi) is 7.14. The number of halogens is 2. The molecule has 0 spiro atoms. The molecule has 1 rings (SSSR count). The third-order valence-corrected chi connectivity index (χ3v) is 3.24. The van der Waals surface area contributed by atoms with Gasteiger partial charge in [0.25, 0.3) is 5.91 Å². The minimum Gasteiger partial charge on any atom is -0.450 e. The van der Waals surface area contributed by atoms with Crippen LogP contribution in [0.2, 0.25) is 10.0 Å². The van der Waals surface area contributed by atoms with Gasteiger partial charge in [0.15, 0.2) is 0 Å². The number of carbonyl (C=O) groups is 3. The Balaban J connectivity index is 2.78. The number of nitrogens with zero attached hydrogens (tertiary/aromatic N) is 1. The summed E-state index contributed by atoms with van der Waals surface area (Å²) in [7, 11) is 0. The first-order chi connectivity index (χ1) is 10.4. The summed E-state index contributed by atoms with van der Waals surface area (Å²) in [6.45, 7) is 3.43. The standard InChI is InChI=1S/C14H16Cl2N2O4/c1-3-18(8-12(19)17-14(21)22-4-2)13(20)10-7-9(15)5-6-11(10)16/h5-7H,3-4,8H2,1-2H3,(H,17,19,21). The van der Waals surface area contributed by atoms with Gasteiger partial charge in [-0.05, 0) is 32.0 Å². The maximum Gasteiger partial charge on any atom is 0.413 e. The zero-order valence-corrected chi connectivity index (χ0v) is 13.7. The molecule has 0 unspecified atom stereocenters. The van der Waals surface area contributed by atoms with Crippen LogP contribution in [-0.4, -0.2) is 42.5 Å². The largest absolute Gasteiger partial charge is 0.450 e. The Morgan fingerprint density at radius 1 is 1.23 bits per heavy atom. The molecular formula is C14H16Cl2N2O4. The van der Waals surface area contributed by atoms with E-state index < -0.39 is 17.9 Å². The van der Waals surface area contributed by atoms with Crippen LogP contribution < -0.4 is 5.32 Å². The van der Waals surface area contributed by atoms with E-state index >= 15 is 0 Å². The van der Waals surface area contributed by atoms with Crippen LogP contribution in [0.1, 0.15) is 24.2 Å². The van der Waals surface area contributed by atoms with Crippen molar-refractivity contribution in [3.05, 3.63) is 33.8 Å². The number of carbonyl (C=O) groups excluding carboxylic acids is 3. The van der Waals surface area contributed by atoms with Gasteiger partial charge in [-0.3, -0.25) is 14.9 Å². The van der Waals surface area contributed by atoms with Gasteiger partial charge in [-0.2, -0.15) is 0 Å². The third kappa shape index (κ3) is 5.20. The van der Waals surface area contributed by atoms with Crippen LogP contribution in [-0.2, 0) is 9.53 Å². The van der Waals surface area contributed by atoms with Gasteiger partial charge in [0.2, 0.25) is 5.91 Å². The molecule has 6 nitrogen and oxygen atoms in total. The summed E-state index contributed by atoms with van der Waals surface area (Å²) in [5.41, 5.74) is 0.194. The number of benzene rings is 1. The molecule has 1 N–H and O–H groups in total. The molecule has 0 atom stereocenters. The van der Waals surface area contributed by atoms with Crippen molar-refractivity contribution in [1.29, 1.82) is 0 Å². The van der Waals surface area contributed by atoms with Crippen molar-refractivity contribution in [2.45, 2.75) is 13.8 Å². The number of hydrogen-bond donors (Lipinski definition) is 1. The first-order valence-electron chi connectivity index (χ1n) is 6.59. The molecule has 0 saturated carbocycles. The second-order valence-corrected chi connectivity index (χ2v) is 5.06. The summed E-state index contributed by atoms with van der Waals surface area (Å²) in [6, 6.07) is 4.49. The maximum atomic E-state index is 12.4. The number of imide groups is 1. The molecular weight excluding hydrogens is 331 g/mol. The Bertz CT molecular complexity index is 578. The van der Waals surface area contributed by atoms with E-state index in [0.717, 1.165) is 0 Å². The summed E-state index contributed by atoms with van der Waals surface area (Å²) in [4.78, 5) is 36.5. The van der Waals surface area contributed by atoms with Crippen molar-refractivity contribution in [3.63, 3.8) is 0 Å². The Morgan fingerprint density at radius 2 is 1.91 bits per heavy atom. The number of nitrogens with one attached hydrogen (secondary N) is 1. The molecule has 0 aliphatic heterocycles. The van der Waals surface area contributed by atoms with Crippen LogP contribution in [0.3, 0.4) is 0 Å². The van der Waals surface area contributed by atoms with Gasteiger partial charge in [0.1, 0.15) is 6.54 Å². The maximum absolute atomic E-state index is 12.4. The highest BCUT2D eigenvalue weighted by Gasteiger charge is 2.21. The Labute approximate surface area is 138 Å². The van der Waals surface area contributed by atoms with Crippen LogP contribution in [0.25, 0.3) is 0 Å². The molecule has 0 saturated heterocycles. The molecule has 0 aliphatic carbocycles. The van der Waals surface area contributed by atoms with E-state index in [9.17, 15) is 14.4 Å². The van der Waals surface area contributed by atoms with Gasteiger partial charge in [0, 0.05) is 11.6 Å². The van der Waals surface area contributed by atoms with Crippen LogP contribution >= 0.6 is 23.2 Å². The van der Waals surface area contributed by atoms with Crippen LogP contribution in [0.5, 0.6) is 0 Å². The fraction of sp³-hybridized carbons (Fsp3) is 0.357. The minimum absolute atomic E-state index is 0.146. The molecule has 1 aromatic carbocycles. The summed E-state index contributed by atoms with van der Waals surface area (Å²) in [5, 5.41) is 2.62. The predicted molar refractivity (Wildman–Crippen MR) is 83.2 cm³/mol. The average Bonchev–Trinajstić information content (AvgIpc) is 2.46. The van der Waals surface area contributed by atoms with E-state index in [0.29, 0.717) is 5.02 Å². The molecule has 3 amide bonds. The lowest BCUT2D eigenvalue weighted by Crippen LogP contribution is -2.42. The van der Waals surface area contributed by atoms with Crippen molar-refractivity contribution < 1.29 is 19.1 Å². The number of likely N-dealkylation sites (N-methyl/N-ethyl adjacent to an activating group) is 1. The second kappa shape index (κ2) is 8.60. The lowest BCUT2D eigenvalue weighted by molar-refractivity contribution is -0.121. The molecule has 22 heavy (non-hydrogen) atoms. The van der Waals surface area contributed by atoms with Gasteiger partial charge >= 0.3 is 6.09 Å². The zero-order chi connectivity index (χ0) is 16.7. The fourth-order valence-electron chi connectivity index (χ4n) is 1.65. The first kappa shape index (κ1) is 18.3. The molecule has 0 fully saturated rings. The van der Waals surface area contributed by atoms with Crippen molar-refractivity contribution in [2.75, 3.05) is 19.7 Å². The first-order valence-corrected chi connectivity index (χ1v) is 7.35. The second-order valence-electron chi connectivity index (χ2n) is 4.21. The van der Waals surface area contributed by atoms with E-state index in [1.54, 1.807) is 19.9 Å². The molecule has 0 heterocycles. The summed E-state index contributed by atoms with van der Waals surface area (Å²) >= 11 is 11.8. The smallest absolute Gasteiger partial charge is 0.413 e. The van der Waals surface area contributed by atoms with Crippen molar-refractivity contribution in [1.82, 2.24) is 10.2 Å². The van der Waals surface area contributed by atoms with Crippen molar-refractivity contribution in [3.8, 4) is 0 Å². The Hall–Kier alpha value is -1.79. The molecule has 0 aliphatic rings. The van der Waals surface area contributed by atoms with Crippen LogP contribution in [0, 0.1) is 0 Å². The molecule has 8 heteroatoms. The van der Waals surface area contributed by atoms with E-state index in [1.165, 1.54) is 17.0 Å². The quantitative estimate of drug-likeness (QED) is 0.889. The summed E-state index contributed by atoms with van der Waals surface area (Å²) in [5.74, 6) is -1.10. The zero-order valence-electron chi connectivity index (χ0n) is 12.2. The van der Waals surface area contributed by atoms with Gasteiger partial charge in [-0.25, -0.2) is 4.79 Å². The van der Waals surface area contributed by atoms with E-state index in [2.05, 4.69) is 4.74 Å². The highest BCUT2D eigenvalue weighted by molar-refractivity contribution is 6.35. The number of rotatable bonds is 5. The predicted octanol–water partition coefficient (Wildman–Crippen LogP) is 2.73. The molecule has 0 aromatic heterocycles. The lowest BCUT2D eigenvalue weighted by Gasteiger charge is -2.20. The molecule has 1 aromatic rings. The van der Waals surface area contributed by atoms with Crippen LogP contribution in [0.15, 0.2) is 18.2 Å². The van der Waals surface area contributed by atoms with Crippen molar-refractivity contribution in [2.24, 2.45) is 0 Å².